The molecule has 0 radical (unpaired) electrons. The van der Waals surface area contributed by atoms with E-state index in [1.54, 1.807) is 6.20 Å². The summed E-state index contributed by atoms with van der Waals surface area (Å²) in [6, 6.07) is 9.25. The third-order valence-electron chi connectivity index (χ3n) is 2.03. The van der Waals surface area contributed by atoms with Crippen molar-refractivity contribution in [2.45, 2.75) is 6.54 Å². The van der Waals surface area contributed by atoms with Gasteiger partial charge in [0.25, 0.3) is 5.91 Å². The maximum absolute atomic E-state index is 11.5. The fraction of sp³-hybridized carbons (Fsp3) is 0.167. The highest BCUT2D eigenvalue weighted by Crippen LogP contribution is 2.07. The number of amides is 1. The number of para-hydroxylation sites is 1. The molecule has 88 valence electrons. The van der Waals surface area contributed by atoms with Crippen molar-refractivity contribution in [1.29, 1.82) is 0 Å². The van der Waals surface area contributed by atoms with Crippen molar-refractivity contribution in [3.8, 4) is 5.75 Å². The molecule has 0 aliphatic rings. The van der Waals surface area contributed by atoms with E-state index in [2.05, 4.69) is 10.3 Å². The first kappa shape index (κ1) is 11.6. The summed E-state index contributed by atoms with van der Waals surface area (Å²) >= 11 is 1.51. The van der Waals surface area contributed by atoms with Crippen LogP contribution in [-0.2, 0) is 11.3 Å². The highest BCUT2D eigenvalue weighted by molar-refractivity contribution is 7.09. The summed E-state index contributed by atoms with van der Waals surface area (Å²) in [4.78, 5) is 15.5. The van der Waals surface area contributed by atoms with Gasteiger partial charge in [-0.2, -0.15) is 0 Å². The number of aromatic nitrogens is 1. The minimum absolute atomic E-state index is 0.0232. The van der Waals surface area contributed by atoms with Crippen molar-refractivity contribution in [3.05, 3.63) is 46.9 Å². The molecule has 0 atom stereocenters. The number of benzene rings is 1. The van der Waals surface area contributed by atoms with E-state index in [0.717, 1.165) is 5.01 Å². The smallest absolute Gasteiger partial charge is 0.258 e. The Bertz CT molecular complexity index is 457. The van der Waals surface area contributed by atoms with Crippen LogP contribution in [0.5, 0.6) is 5.75 Å². The van der Waals surface area contributed by atoms with Gasteiger partial charge in [-0.25, -0.2) is 4.98 Å². The number of carbonyl (C=O) groups is 1. The summed E-state index contributed by atoms with van der Waals surface area (Å²) in [5.74, 6) is 0.543. The van der Waals surface area contributed by atoms with Gasteiger partial charge in [-0.3, -0.25) is 4.79 Å². The molecule has 1 N–H and O–H groups in total. The Hall–Kier alpha value is -1.88. The molecule has 5 heteroatoms. The molecular formula is C12H12N2O2S. The van der Waals surface area contributed by atoms with E-state index in [1.165, 1.54) is 11.3 Å². The van der Waals surface area contributed by atoms with Crippen LogP contribution in [0.15, 0.2) is 41.9 Å². The van der Waals surface area contributed by atoms with Crippen LogP contribution in [0.1, 0.15) is 5.01 Å². The number of nitrogens with one attached hydrogen (secondary N) is 1. The lowest BCUT2D eigenvalue weighted by Gasteiger charge is -2.05. The van der Waals surface area contributed by atoms with Gasteiger partial charge in [0, 0.05) is 11.6 Å². The van der Waals surface area contributed by atoms with Gasteiger partial charge in [0.05, 0.1) is 6.54 Å². The van der Waals surface area contributed by atoms with Crippen LogP contribution in [0.4, 0.5) is 0 Å². The minimum atomic E-state index is -0.149. The fourth-order valence-corrected chi connectivity index (χ4v) is 1.79. The molecular weight excluding hydrogens is 236 g/mol. The van der Waals surface area contributed by atoms with Crippen molar-refractivity contribution < 1.29 is 9.53 Å². The summed E-state index contributed by atoms with van der Waals surface area (Å²) in [6.07, 6.45) is 1.71. The maximum atomic E-state index is 11.5. The summed E-state index contributed by atoms with van der Waals surface area (Å²) in [6.45, 7) is 0.476. The number of nitrogens with zero attached hydrogens (tertiary/aromatic N) is 1. The number of hydrogen-bond donors (Lipinski definition) is 1. The predicted molar refractivity (Wildman–Crippen MR) is 65.9 cm³/mol. The minimum Gasteiger partial charge on any atom is -0.484 e. The van der Waals surface area contributed by atoms with Crippen molar-refractivity contribution in [2.24, 2.45) is 0 Å². The van der Waals surface area contributed by atoms with Crippen LogP contribution < -0.4 is 10.1 Å². The van der Waals surface area contributed by atoms with Gasteiger partial charge in [0.15, 0.2) is 6.61 Å². The molecule has 1 aromatic carbocycles. The maximum Gasteiger partial charge on any atom is 0.258 e. The number of hydrogen-bond acceptors (Lipinski definition) is 4. The van der Waals surface area contributed by atoms with E-state index >= 15 is 0 Å². The normalized spacial score (nSPS) is 9.88. The SMILES string of the molecule is O=C(COc1ccccc1)NCc1nccs1. The Labute approximate surface area is 103 Å². The van der Waals surface area contributed by atoms with E-state index in [-0.39, 0.29) is 12.5 Å². The Morgan fingerprint density at radius 1 is 1.35 bits per heavy atom. The fourth-order valence-electron chi connectivity index (χ4n) is 1.23. The van der Waals surface area contributed by atoms with E-state index in [4.69, 9.17) is 4.74 Å². The molecule has 0 aliphatic heterocycles. The van der Waals surface area contributed by atoms with Gasteiger partial charge in [-0.15, -0.1) is 11.3 Å². The number of ether oxygens (including phenoxy) is 1. The molecule has 1 amide bonds. The highest BCUT2D eigenvalue weighted by Gasteiger charge is 2.03. The van der Waals surface area contributed by atoms with Crippen LogP contribution in [0.25, 0.3) is 0 Å². The average molecular weight is 248 g/mol. The zero-order valence-corrected chi connectivity index (χ0v) is 9.94. The first-order chi connectivity index (χ1) is 8.34. The molecule has 0 fully saturated rings. The summed E-state index contributed by atoms with van der Waals surface area (Å²) in [7, 11) is 0. The van der Waals surface area contributed by atoms with Crippen molar-refractivity contribution in [2.75, 3.05) is 6.61 Å². The zero-order chi connectivity index (χ0) is 11.9. The van der Waals surface area contributed by atoms with Crippen molar-refractivity contribution >= 4 is 17.2 Å². The molecule has 0 unspecified atom stereocenters. The number of rotatable bonds is 5. The number of carbonyl (C=O) groups excluding carboxylic acids is 1. The average Bonchev–Trinajstić information content (AvgIpc) is 2.88. The monoisotopic (exact) mass is 248 g/mol. The topological polar surface area (TPSA) is 51.2 Å². The molecule has 2 aromatic rings. The molecule has 4 nitrogen and oxygen atoms in total. The predicted octanol–water partition coefficient (Wildman–Crippen LogP) is 1.84. The van der Waals surface area contributed by atoms with Gasteiger partial charge < -0.3 is 10.1 Å². The van der Waals surface area contributed by atoms with Crippen molar-refractivity contribution in [1.82, 2.24) is 10.3 Å². The van der Waals surface area contributed by atoms with E-state index in [1.807, 2.05) is 35.7 Å². The van der Waals surface area contributed by atoms with Crippen LogP contribution in [0.2, 0.25) is 0 Å². The molecule has 1 aromatic heterocycles. The van der Waals surface area contributed by atoms with Crippen LogP contribution >= 0.6 is 11.3 Å². The van der Waals surface area contributed by atoms with E-state index < -0.39 is 0 Å². The summed E-state index contributed by atoms with van der Waals surface area (Å²) < 4.78 is 5.31. The Morgan fingerprint density at radius 2 is 2.18 bits per heavy atom. The van der Waals surface area contributed by atoms with Gasteiger partial charge in [-0.05, 0) is 12.1 Å². The zero-order valence-electron chi connectivity index (χ0n) is 9.13. The van der Waals surface area contributed by atoms with Crippen LogP contribution in [0, 0.1) is 0 Å². The Kier molecular flexibility index (Phi) is 4.10. The first-order valence-electron chi connectivity index (χ1n) is 5.17. The Morgan fingerprint density at radius 3 is 2.88 bits per heavy atom. The molecule has 2 rings (SSSR count). The number of thiazole rings is 1. The van der Waals surface area contributed by atoms with Crippen molar-refractivity contribution in [3.63, 3.8) is 0 Å². The van der Waals surface area contributed by atoms with Gasteiger partial charge >= 0.3 is 0 Å². The first-order valence-corrected chi connectivity index (χ1v) is 6.05. The van der Waals surface area contributed by atoms with Crippen LogP contribution in [0.3, 0.4) is 0 Å². The lowest BCUT2D eigenvalue weighted by molar-refractivity contribution is -0.123. The van der Waals surface area contributed by atoms with Crippen LogP contribution in [-0.4, -0.2) is 17.5 Å². The quantitative estimate of drug-likeness (QED) is 0.878. The Balaban J connectivity index is 1.71. The third kappa shape index (κ3) is 3.88. The highest BCUT2D eigenvalue weighted by atomic mass is 32.1. The van der Waals surface area contributed by atoms with Gasteiger partial charge in [0.2, 0.25) is 0 Å². The largest absolute Gasteiger partial charge is 0.484 e. The summed E-state index contributed by atoms with van der Waals surface area (Å²) in [5, 5.41) is 5.50. The molecule has 1 heterocycles. The van der Waals surface area contributed by atoms with E-state index in [9.17, 15) is 4.79 Å². The second-order valence-corrected chi connectivity index (χ2v) is 4.28. The third-order valence-corrected chi connectivity index (χ3v) is 2.81. The molecule has 0 saturated carbocycles. The molecule has 0 bridgehead atoms. The standard InChI is InChI=1S/C12H12N2O2S/c15-11(14-8-12-13-6-7-17-12)9-16-10-4-2-1-3-5-10/h1-7H,8-9H2,(H,14,15). The molecule has 17 heavy (non-hydrogen) atoms. The van der Waals surface area contributed by atoms with Gasteiger partial charge in [0.1, 0.15) is 10.8 Å². The molecule has 0 saturated heterocycles. The lowest BCUT2D eigenvalue weighted by atomic mass is 10.3. The van der Waals surface area contributed by atoms with Gasteiger partial charge in [-0.1, -0.05) is 18.2 Å². The molecule has 0 spiro atoms. The second kappa shape index (κ2) is 6.00. The molecule has 0 aliphatic carbocycles. The second-order valence-electron chi connectivity index (χ2n) is 3.30. The van der Waals surface area contributed by atoms with E-state index in [0.29, 0.717) is 12.3 Å². The summed E-state index contributed by atoms with van der Waals surface area (Å²) in [5.41, 5.74) is 0. The lowest BCUT2D eigenvalue weighted by Crippen LogP contribution is -2.28.